The van der Waals surface area contributed by atoms with Crippen molar-refractivity contribution >= 4 is 10.0 Å². The highest BCUT2D eigenvalue weighted by molar-refractivity contribution is 7.89. The fourth-order valence-electron chi connectivity index (χ4n) is 1.65. The van der Waals surface area contributed by atoms with Crippen molar-refractivity contribution in [2.75, 3.05) is 12.3 Å². The van der Waals surface area contributed by atoms with Gasteiger partial charge in [-0.1, -0.05) is 51.1 Å². The Bertz CT molecular complexity index is 478. The molecular formula is C14H24N2O2S. The van der Waals surface area contributed by atoms with Crippen LogP contribution in [0.4, 0.5) is 0 Å². The zero-order valence-corrected chi connectivity index (χ0v) is 12.7. The number of nitrogens with one attached hydrogen (secondary N) is 1. The lowest BCUT2D eigenvalue weighted by Crippen LogP contribution is -2.35. The Labute approximate surface area is 116 Å². The number of benzene rings is 1. The van der Waals surface area contributed by atoms with E-state index in [0.717, 1.165) is 5.56 Å². The minimum absolute atomic E-state index is 0.000289. The molecule has 0 spiro atoms. The first-order chi connectivity index (χ1) is 8.73. The number of nitrogens with two attached hydrogens (primary N) is 1. The van der Waals surface area contributed by atoms with E-state index >= 15 is 0 Å². The highest BCUT2D eigenvalue weighted by Gasteiger charge is 2.21. The van der Waals surface area contributed by atoms with Gasteiger partial charge in [0.25, 0.3) is 0 Å². The van der Waals surface area contributed by atoms with E-state index in [1.165, 1.54) is 0 Å². The minimum Gasteiger partial charge on any atom is -0.329 e. The minimum atomic E-state index is -3.30. The molecule has 0 aromatic heterocycles. The van der Waals surface area contributed by atoms with Crippen LogP contribution in [0.5, 0.6) is 0 Å². The smallest absolute Gasteiger partial charge is 0.212 e. The summed E-state index contributed by atoms with van der Waals surface area (Å²) >= 11 is 0. The molecule has 1 aromatic rings. The van der Waals surface area contributed by atoms with Gasteiger partial charge >= 0.3 is 0 Å². The normalized spacial score (nSPS) is 14.3. The summed E-state index contributed by atoms with van der Waals surface area (Å²) in [5, 5.41) is 0. The van der Waals surface area contributed by atoms with Crippen LogP contribution in [-0.2, 0) is 10.0 Å². The second-order valence-electron chi connectivity index (χ2n) is 5.95. The molecule has 5 heteroatoms. The number of hydrogen-bond donors (Lipinski definition) is 2. The van der Waals surface area contributed by atoms with E-state index in [1.807, 2.05) is 51.1 Å². The molecule has 108 valence electrons. The molecule has 1 atom stereocenters. The van der Waals surface area contributed by atoms with E-state index in [-0.39, 0.29) is 23.8 Å². The van der Waals surface area contributed by atoms with Crippen molar-refractivity contribution in [2.45, 2.75) is 33.2 Å². The van der Waals surface area contributed by atoms with Gasteiger partial charge < -0.3 is 5.73 Å². The first kappa shape index (κ1) is 16.1. The molecule has 1 aromatic carbocycles. The predicted octanol–water partition coefficient (Wildman–Crippen LogP) is 2.04. The molecule has 1 rings (SSSR count). The van der Waals surface area contributed by atoms with Crippen LogP contribution < -0.4 is 10.5 Å². The highest BCUT2D eigenvalue weighted by Crippen LogP contribution is 2.20. The van der Waals surface area contributed by atoms with Gasteiger partial charge in [0.05, 0.1) is 11.8 Å². The SMILES string of the molecule is CC(C)(C)CCS(=O)(=O)NC(CN)c1ccccc1. The molecule has 19 heavy (non-hydrogen) atoms. The molecule has 4 nitrogen and oxygen atoms in total. The Balaban J connectivity index is 2.70. The van der Waals surface area contributed by atoms with Gasteiger partial charge in [-0.2, -0.15) is 0 Å². The fourth-order valence-corrected chi connectivity index (χ4v) is 3.32. The van der Waals surface area contributed by atoms with E-state index in [9.17, 15) is 8.42 Å². The molecule has 0 bridgehead atoms. The van der Waals surface area contributed by atoms with E-state index in [4.69, 9.17) is 5.73 Å². The summed E-state index contributed by atoms with van der Waals surface area (Å²) < 4.78 is 26.8. The van der Waals surface area contributed by atoms with Gasteiger partial charge in [-0.05, 0) is 17.4 Å². The molecule has 0 saturated heterocycles. The zero-order valence-electron chi connectivity index (χ0n) is 11.9. The molecule has 0 aliphatic carbocycles. The van der Waals surface area contributed by atoms with Crippen LogP contribution in [0.25, 0.3) is 0 Å². The largest absolute Gasteiger partial charge is 0.329 e. The number of sulfonamides is 1. The lowest BCUT2D eigenvalue weighted by Gasteiger charge is -2.21. The maximum Gasteiger partial charge on any atom is 0.212 e. The Kier molecular flexibility index (Phi) is 5.52. The first-order valence-corrected chi connectivity index (χ1v) is 8.14. The van der Waals surface area contributed by atoms with Gasteiger partial charge in [-0.25, -0.2) is 13.1 Å². The molecule has 0 aliphatic heterocycles. The Morgan fingerprint density at radius 1 is 1.21 bits per heavy atom. The Hall–Kier alpha value is -0.910. The number of hydrogen-bond acceptors (Lipinski definition) is 3. The molecule has 0 aliphatic rings. The van der Waals surface area contributed by atoms with Gasteiger partial charge in [0, 0.05) is 6.54 Å². The van der Waals surface area contributed by atoms with Gasteiger partial charge in [0.1, 0.15) is 0 Å². The van der Waals surface area contributed by atoms with Crippen LogP contribution >= 0.6 is 0 Å². The summed E-state index contributed by atoms with van der Waals surface area (Å²) in [5.74, 6) is 0.125. The van der Waals surface area contributed by atoms with Crippen molar-refractivity contribution in [1.82, 2.24) is 4.72 Å². The van der Waals surface area contributed by atoms with E-state index in [0.29, 0.717) is 6.42 Å². The lowest BCUT2D eigenvalue weighted by molar-refractivity contribution is 0.395. The van der Waals surface area contributed by atoms with Crippen molar-refractivity contribution in [2.24, 2.45) is 11.1 Å². The molecule has 0 fully saturated rings. The van der Waals surface area contributed by atoms with Crippen LogP contribution in [0.3, 0.4) is 0 Å². The molecule has 0 amide bonds. The standard InChI is InChI=1S/C14H24N2O2S/c1-14(2,3)9-10-19(17,18)16-13(11-15)12-7-5-4-6-8-12/h4-8,13,16H,9-11,15H2,1-3H3. The summed E-state index contributed by atoms with van der Waals surface area (Å²) in [6.07, 6.45) is 0.619. The van der Waals surface area contributed by atoms with Gasteiger partial charge in [-0.15, -0.1) is 0 Å². The van der Waals surface area contributed by atoms with Gasteiger partial charge in [-0.3, -0.25) is 0 Å². The summed E-state index contributed by atoms with van der Waals surface area (Å²) in [4.78, 5) is 0. The summed E-state index contributed by atoms with van der Waals surface area (Å²) in [6, 6.07) is 9.05. The molecule has 1 unspecified atom stereocenters. The topological polar surface area (TPSA) is 72.2 Å². The van der Waals surface area contributed by atoms with Crippen molar-refractivity contribution in [1.29, 1.82) is 0 Å². The lowest BCUT2D eigenvalue weighted by atomic mass is 9.94. The molecular weight excluding hydrogens is 260 g/mol. The van der Waals surface area contributed by atoms with Gasteiger partial charge in [0.15, 0.2) is 0 Å². The molecule has 0 heterocycles. The van der Waals surface area contributed by atoms with E-state index < -0.39 is 10.0 Å². The van der Waals surface area contributed by atoms with E-state index in [2.05, 4.69) is 4.72 Å². The average Bonchev–Trinajstić information content (AvgIpc) is 2.34. The van der Waals surface area contributed by atoms with Crippen molar-refractivity contribution in [3.8, 4) is 0 Å². The van der Waals surface area contributed by atoms with Crippen LogP contribution in [0, 0.1) is 5.41 Å². The monoisotopic (exact) mass is 284 g/mol. The Morgan fingerprint density at radius 2 is 1.79 bits per heavy atom. The summed E-state index contributed by atoms with van der Waals surface area (Å²) in [5.41, 5.74) is 6.56. The maximum atomic E-state index is 12.1. The third kappa shape index (κ3) is 6.18. The molecule has 3 N–H and O–H groups in total. The highest BCUT2D eigenvalue weighted by atomic mass is 32.2. The third-order valence-corrected chi connectivity index (χ3v) is 4.27. The molecule has 0 radical (unpaired) electrons. The van der Waals surface area contributed by atoms with Crippen LogP contribution in [0.15, 0.2) is 30.3 Å². The van der Waals surface area contributed by atoms with Crippen LogP contribution in [-0.4, -0.2) is 20.7 Å². The second kappa shape index (κ2) is 6.50. The predicted molar refractivity (Wildman–Crippen MR) is 79.2 cm³/mol. The van der Waals surface area contributed by atoms with Crippen LogP contribution in [0.2, 0.25) is 0 Å². The van der Waals surface area contributed by atoms with E-state index in [1.54, 1.807) is 0 Å². The average molecular weight is 284 g/mol. The quantitative estimate of drug-likeness (QED) is 0.839. The van der Waals surface area contributed by atoms with Gasteiger partial charge in [0.2, 0.25) is 10.0 Å². The van der Waals surface area contributed by atoms with Crippen molar-refractivity contribution in [3.63, 3.8) is 0 Å². The molecule has 0 saturated carbocycles. The maximum absolute atomic E-state index is 12.1. The fraction of sp³-hybridized carbons (Fsp3) is 0.571. The third-order valence-electron chi connectivity index (χ3n) is 2.88. The summed E-state index contributed by atoms with van der Waals surface area (Å²) in [6.45, 7) is 6.33. The van der Waals surface area contributed by atoms with Crippen LogP contribution in [0.1, 0.15) is 38.8 Å². The van der Waals surface area contributed by atoms with Crippen molar-refractivity contribution in [3.05, 3.63) is 35.9 Å². The Morgan fingerprint density at radius 3 is 2.26 bits per heavy atom. The number of rotatable bonds is 6. The summed E-state index contributed by atoms with van der Waals surface area (Å²) in [7, 11) is -3.30. The first-order valence-electron chi connectivity index (χ1n) is 6.48. The van der Waals surface area contributed by atoms with Crippen molar-refractivity contribution < 1.29 is 8.42 Å². The second-order valence-corrected chi connectivity index (χ2v) is 7.82. The zero-order chi connectivity index (χ0) is 14.5.